The summed E-state index contributed by atoms with van der Waals surface area (Å²) >= 11 is 0. The van der Waals surface area contributed by atoms with Gasteiger partial charge in [0, 0.05) is 6.54 Å². The fourth-order valence-corrected chi connectivity index (χ4v) is 4.25. The second kappa shape index (κ2) is 12.0. The minimum absolute atomic E-state index is 0.201. The number of aryl methyl sites for hydroxylation is 1. The molecule has 0 N–H and O–H groups in total. The van der Waals surface area contributed by atoms with Gasteiger partial charge in [-0.15, -0.1) is 6.58 Å². The van der Waals surface area contributed by atoms with Crippen LogP contribution in [0.3, 0.4) is 0 Å². The van der Waals surface area contributed by atoms with Gasteiger partial charge in [0.05, 0.1) is 11.4 Å². The Balaban J connectivity index is 2.50. The lowest BCUT2D eigenvalue weighted by Crippen LogP contribution is -2.33. The molecule has 0 spiro atoms. The van der Waals surface area contributed by atoms with Crippen molar-refractivity contribution in [1.82, 2.24) is 4.31 Å². The second-order valence-corrected chi connectivity index (χ2v) is 8.66. The molecule has 0 unspecified atom stereocenters. The molecule has 26 heavy (non-hydrogen) atoms. The lowest BCUT2D eigenvalue weighted by molar-refractivity contribution is 0.392. The predicted molar refractivity (Wildman–Crippen MR) is 107 cm³/mol. The van der Waals surface area contributed by atoms with E-state index in [1.165, 1.54) is 23.6 Å². The number of unbranched alkanes of at least 4 members (excludes halogenated alkanes) is 7. The zero-order valence-electron chi connectivity index (χ0n) is 15.9. The summed E-state index contributed by atoms with van der Waals surface area (Å²) in [6, 6.07) is 6.65. The molecule has 146 valence electrons. The molecule has 0 amide bonds. The van der Waals surface area contributed by atoms with E-state index in [0.717, 1.165) is 37.7 Å². The van der Waals surface area contributed by atoms with Gasteiger partial charge in [0.2, 0.25) is 10.0 Å². The van der Waals surface area contributed by atoms with E-state index >= 15 is 0 Å². The van der Waals surface area contributed by atoms with Gasteiger partial charge in [-0.1, -0.05) is 62.5 Å². The first-order chi connectivity index (χ1) is 12.4. The van der Waals surface area contributed by atoms with Gasteiger partial charge in [-0.05, 0) is 38.3 Å². The zero-order valence-corrected chi connectivity index (χ0v) is 16.7. The molecule has 1 rings (SSSR count). The molecule has 0 fully saturated rings. The minimum atomic E-state index is -3.70. The van der Waals surface area contributed by atoms with E-state index < -0.39 is 15.9 Å². The van der Waals surface area contributed by atoms with Gasteiger partial charge in [-0.3, -0.25) is 0 Å². The molecule has 0 aromatic heterocycles. The molecule has 0 radical (unpaired) electrons. The molecule has 0 aliphatic carbocycles. The van der Waals surface area contributed by atoms with Crippen LogP contribution in [0.1, 0.15) is 56.9 Å². The predicted octanol–water partition coefficient (Wildman–Crippen LogP) is 5.78. The summed E-state index contributed by atoms with van der Waals surface area (Å²) < 4.78 is 40.0. The lowest BCUT2D eigenvalue weighted by atomic mass is 10.1. The second-order valence-electron chi connectivity index (χ2n) is 6.72. The van der Waals surface area contributed by atoms with Crippen molar-refractivity contribution in [3.05, 3.63) is 54.9 Å². The Labute approximate surface area is 158 Å². The number of halogens is 1. The van der Waals surface area contributed by atoms with Gasteiger partial charge in [-0.25, -0.2) is 12.8 Å². The number of rotatable bonds is 14. The van der Waals surface area contributed by atoms with Crippen molar-refractivity contribution in [2.75, 3.05) is 13.1 Å². The summed E-state index contributed by atoms with van der Waals surface area (Å²) in [5, 5.41) is 0. The number of sulfonamides is 1. The average molecular weight is 382 g/mol. The van der Waals surface area contributed by atoms with Crippen molar-refractivity contribution in [1.29, 1.82) is 0 Å². The van der Waals surface area contributed by atoms with Gasteiger partial charge in [0.25, 0.3) is 0 Å². The molecule has 1 aromatic carbocycles. The minimum Gasteiger partial charge on any atom is -0.211 e. The first-order valence-electron chi connectivity index (χ1n) is 9.39. The van der Waals surface area contributed by atoms with Crippen LogP contribution >= 0.6 is 0 Å². The Kier molecular flexibility index (Phi) is 10.4. The number of hydrogen-bond donors (Lipinski definition) is 0. The van der Waals surface area contributed by atoms with E-state index in [9.17, 15) is 12.8 Å². The molecular formula is C21H32FNO2S. The van der Waals surface area contributed by atoms with Crippen LogP contribution in [-0.4, -0.2) is 25.8 Å². The fraction of sp³-hybridized carbons (Fsp3) is 0.524. The Morgan fingerprint density at radius 2 is 1.58 bits per heavy atom. The van der Waals surface area contributed by atoms with Crippen molar-refractivity contribution in [3.8, 4) is 0 Å². The molecule has 0 atom stereocenters. The molecule has 0 heterocycles. The molecule has 5 heteroatoms. The summed E-state index contributed by atoms with van der Waals surface area (Å²) in [6.07, 6.45) is 10.5. The van der Waals surface area contributed by atoms with Crippen molar-refractivity contribution >= 4 is 10.0 Å². The Bertz CT molecular complexity index is 653. The van der Waals surface area contributed by atoms with Gasteiger partial charge < -0.3 is 0 Å². The van der Waals surface area contributed by atoms with Gasteiger partial charge in [-0.2, -0.15) is 4.31 Å². The number of nitrogens with zero attached hydrogens (tertiary/aromatic N) is 1. The van der Waals surface area contributed by atoms with Crippen LogP contribution in [0.15, 0.2) is 54.2 Å². The standard InChI is InChI=1S/C21H32FNO2S/c1-4-5-6-7-8-9-10-11-12-17-23(18-20(3)22)26(24,25)21-15-13-19(2)14-16-21/h4,13-16H,1,3,5-12,17-18H2,2H3. The quantitative estimate of drug-likeness (QED) is 0.303. The third-order valence-electron chi connectivity index (χ3n) is 4.32. The van der Waals surface area contributed by atoms with Gasteiger partial charge >= 0.3 is 0 Å². The number of benzene rings is 1. The molecule has 0 saturated carbocycles. The highest BCUT2D eigenvalue weighted by molar-refractivity contribution is 7.89. The molecule has 0 aliphatic heterocycles. The Hall–Kier alpha value is -1.46. The van der Waals surface area contributed by atoms with Crippen molar-refractivity contribution in [2.45, 2.75) is 63.2 Å². The molecule has 0 aliphatic rings. The van der Waals surface area contributed by atoms with Crippen LogP contribution in [0.25, 0.3) is 0 Å². The van der Waals surface area contributed by atoms with E-state index in [1.54, 1.807) is 24.3 Å². The Morgan fingerprint density at radius 1 is 1.04 bits per heavy atom. The maximum atomic E-state index is 13.3. The molecular weight excluding hydrogens is 349 g/mol. The normalized spacial score (nSPS) is 11.7. The fourth-order valence-electron chi connectivity index (χ4n) is 2.80. The SMILES string of the molecule is C=CCCCCCCCCCN(CC(=C)F)S(=O)(=O)c1ccc(C)cc1. The first kappa shape index (κ1) is 22.6. The summed E-state index contributed by atoms with van der Waals surface area (Å²) in [5.41, 5.74) is 0.985. The third kappa shape index (κ3) is 8.28. The van der Waals surface area contributed by atoms with Crippen LogP contribution in [-0.2, 0) is 10.0 Å². The topological polar surface area (TPSA) is 37.4 Å². The first-order valence-corrected chi connectivity index (χ1v) is 10.8. The summed E-state index contributed by atoms with van der Waals surface area (Å²) in [7, 11) is -3.70. The summed E-state index contributed by atoms with van der Waals surface area (Å²) in [5.74, 6) is -0.636. The highest BCUT2D eigenvalue weighted by Crippen LogP contribution is 2.19. The Morgan fingerprint density at radius 3 is 2.12 bits per heavy atom. The largest absolute Gasteiger partial charge is 0.243 e. The van der Waals surface area contributed by atoms with E-state index in [0.29, 0.717) is 6.54 Å². The van der Waals surface area contributed by atoms with Crippen molar-refractivity contribution in [3.63, 3.8) is 0 Å². The molecule has 0 saturated heterocycles. The van der Waals surface area contributed by atoms with Crippen LogP contribution in [0.4, 0.5) is 4.39 Å². The van der Waals surface area contributed by atoms with Crippen LogP contribution in [0.5, 0.6) is 0 Å². The van der Waals surface area contributed by atoms with Gasteiger partial charge in [0.15, 0.2) is 0 Å². The van der Waals surface area contributed by atoms with Gasteiger partial charge in [0.1, 0.15) is 5.83 Å². The highest BCUT2D eigenvalue weighted by atomic mass is 32.2. The van der Waals surface area contributed by atoms with Crippen LogP contribution in [0.2, 0.25) is 0 Å². The lowest BCUT2D eigenvalue weighted by Gasteiger charge is -2.21. The zero-order chi connectivity index (χ0) is 19.4. The monoisotopic (exact) mass is 381 g/mol. The van der Waals surface area contributed by atoms with Crippen LogP contribution in [0, 0.1) is 6.92 Å². The van der Waals surface area contributed by atoms with E-state index in [1.807, 2.05) is 13.0 Å². The summed E-state index contributed by atoms with van der Waals surface area (Å²) in [6.45, 7) is 8.88. The number of allylic oxidation sites excluding steroid dienone is 1. The summed E-state index contributed by atoms with van der Waals surface area (Å²) in [4.78, 5) is 0.201. The number of hydrogen-bond acceptors (Lipinski definition) is 2. The van der Waals surface area contributed by atoms with Crippen LogP contribution < -0.4 is 0 Å². The smallest absolute Gasteiger partial charge is 0.211 e. The molecule has 0 bridgehead atoms. The van der Waals surface area contributed by atoms with Crippen molar-refractivity contribution < 1.29 is 12.8 Å². The molecule has 1 aromatic rings. The third-order valence-corrected chi connectivity index (χ3v) is 6.18. The van der Waals surface area contributed by atoms with E-state index in [4.69, 9.17) is 0 Å². The average Bonchev–Trinajstić information content (AvgIpc) is 2.59. The molecule has 3 nitrogen and oxygen atoms in total. The van der Waals surface area contributed by atoms with E-state index in [2.05, 4.69) is 13.2 Å². The van der Waals surface area contributed by atoms with Crippen molar-refractivity contribution in [2.24, 2.45) is 0 Å². The maximum Gasteiger partial charge on any atom is 0.243 e. The van der Waals surface area contributed by atoms with E-state index in [-0.39, 0.29) is 11.4 Å². The highest BCUT2D eigenvalue weighted by Gasteiger charge is 2.24. The maximum absolute atomic E-state index is 13.3.